The lowest BCUT2D eigenvalue weighted by molar-refractivity contribution is 0.176. The summed E-state index contributed by atoms with van der Waals surface area (Å²) in [6.45, 7) is 7.49. The number of aliphatic hydroxyl groups excluding tert-OH is 1. The van der Waals surface area contributed by atoms with Crippen molar-refractivity contribution in [1.82, 2.24) is 9.88 Å². The van der Waals surface area contributed by atoms with Gasteiger partial charge in [-0.15, -0.1) is 0 Å². The van der Waals surface area contributed by atoms with Crippen molar-refractivity contribution in [2.45, 2.75) is 27.2 Å². The van der Waals surface area contributed by atoms with Gasteiger partial charge in [0.2, 0.25) is 0 Å². The predicted molar refractivity (Wildman–Crippen MR) is 93.5 cm³/mol. The molecular formula is C18H25N3O2. The molecule has 0 aliphatic carbocycles. The first-order chi connectivity index (χ1) is 10.9. The standard InChI is InChI=1S/C18H25N3O2/c1-18(2,3)13-21(11-6-12-22)17(23)20-15-9-4-7-14-8-5-10-19-16(14)15/h4-5,7-10,22H,6,11-13H2,1-3H3,(H,20,23). The van der Waals surface area contributed by atoms with Crippen molar-refractivity contribution in [3.05, 3.63) is 36.5 Å². The Balaban J connectivity index is 2.19. The number of carbonyl (C=O) groups excluding carboxylic acids is 1. The van der Waals surface area contributed by atoms with Crippen LogP contribution in [0.5, 0.6) is 0 Å². The number of para-hydroxylation sites is 1. The molecule has 1 aromatic carbocycles. The molecule has 0 bridgehead atoms. The summed E-state index contributed by atoms with van der Waals surface area (Å²) in [5.74, 6) is 0. The van der Waals surface area contributed by atoms with Gasteiger partial charge in [-0.3, -0.25) is 4.98 Å². The van der Waals surface area contributed by atoms with Crippen LogP contribution in [0.1, 0.15) is 27.2 Å². The molecule has 2 aromatic rings. The molecule has 0 fully saturated rings. The van der Waals surface area contributed by atoms with Crippen LogP contribution in [0.25, 0.3) is 10.9 Å². The lowest BCUT2D eigenvalue weighted by Crippen LogP contribution is -2.41. The van der Waals surface area contributed by atoms with Crippen LogP contribution in [0.4, 0.5) is 10.5 Å². The van der Waals surface area contributed by atoms with Gasteiger partial charge >= 0.3 is 6.03 Å². The minimum absolute atomic E-state index is 0.0101. The molecule has 2 amide bonds. The molecule has 124 valence electrons. The molecule has 0 aliphatic heterocycles. The number of hydrogen-bond donors (Lipinski definition) is 2. The fraction of sp³-hybridized carbons (Fsp3) is 0.444. The molecule has 0 saturated heterocycles. The fourth-order valence-corrected chi connectivity index (χ4v) is 2.49. The van der Waals surface area contributed by atoms with Crippen molar-refractivity contribution in [2.75, 3.05) is 25.0 Å². The molecule has 23 heavy (non-hydrogen) atoms. The molecule has 2 N–H and O–H groups in total. The van der Waals surface area contributed by atoms with Crippen LogP contribution in [0.15, 0.2) is 36.5 Å². The zero-order chi connectivity index (χ0) is 16.9. The van der Waals surface area contributed by atoms with E-state index in [1.165, 1.54) is 0 Å². The summed E-state index contributed by atoms with van der Waals surface area (Å²) < 4.78 is 0. The van der Waals surface area contributed by atoms with E-state index in [1.807, 2.05) is 30.3 Å². The summed E-state index contributed by atoms with van der Waals surface area (Å²) >= 11 is 0. The molecule has 2 rings (SSSR count). The second-order valence-electron chi connectivity index (χ2n) is 6.87. The highest BCUT2D eigenvalue weighted by Crippen LogP contribution is 2.22. The lowest BCUT2D eigenvalue weighted by atomic mass is 9.96. The van der Waals surface area contributed by atoms with E-state index in [1.54, 1.807) is 11.1 Å². The molecule has 1 heterocycles. The lowest BCUT2D eigenvalue weighted by Gasteiger charge is -2.30. The molecule has 5 nitrogen and oxygen atoms in total. The van der Waals surface area contributed by atoms with Crippen molar-refractivity contribution in [3.8, 4) is 0 Å². The topological polar surface area (TPSA) is 65.5 Å². The molecule has 0 saturated carbocycles. The number of fused-ring (bicyclic) bond motifs is 1. The molecular weight excluding hydrogens is 290 g/mol. The smallest absolute Gasteiger partial charge is 0.321 e. The Labute approximate surface area is 137 Å². The van der Waals surface area contributed by atoms with E-state index >= 15 is 0 Å². The Morgan fingerprint density at radius 2 is 2.00 bits per heavy atom. The van der Waals surface area contributed by atoms with Crippen LogP contribution in [0, 0.1) is 5.41 Å². The molecule has 0 unspecified atom stereocenters. The van der Waals surface area contributed by atoms with E-state index in [9.17, 15) is 4.79 Å². The molecule has 0 spiro atoms. The highest BCUT2D eigenvalue weighted by molar-refractivity contribution is 5.99. The number of pyridine rings is 1. The maximum atomic E-state index is 12.6. The van der Waals surface area contributed by atoms with Gasteiger partial charge in [0.05, 0.1) is 11.2 Å². The minimum Gasteiger partial charge on any atom is -0.396 e. The van der Waals surface area contributed by atoms with Crippen LogP contribution < -0.4 is 5.32 Å². The van der Waals surface area contributed by atoms with Crippen molar-refractivity contribution in [1.29, 1.82) is 0 Å². The highest BCUT2D eigenvalue weighted by Gasteiger charge is 2.21. The number of amides is 2. The molecule has 5 heteroatoms. The van der Waals surface area contributed by atoms with Crippen LogP contribution in [-0.2, 0) is 0 Å². The predicted octanol–water partition coefficient (Wildman–Crippen LogP) is 3.50. The highest BCUT2D eigenvalue weighted by atomic mass is 16.3. The number of hydrogen-bond acceptors (Lipinski definition) is 3. The van der Waals surface area contributed by atoms with Gasteiger partial charge in [0.1, 0.15) is 0 Å². The van der Waals surface area contributed by atoms with Crippen molar-refractivity contribution >= 4 is 22.6 Å². The minimum atomic E-state index is -0.161. The third kappa shape index (κ3) is 4.93. The van der Waals surface area contributed by atoms with Gasteiger partial charge in [0, 0.05) is 31.3 Å². The number of anilines is 1. The molecule has 0 atom stereocenters. The third-order valence-corrected chi connectivity index (χ3v) is 3.41. The summed E-state index contributed by atoms with van der Waals surface area (Å²) in [6, 6.07) is 9.41. The first-order valence-corrected chi connectivity index (χ1v) is 7.91. The van der Waals surface area contributed by atoms with Crippen LogP contribution in [0.2, 0.25) is 0 Å². The fourth-order valence-electron chi connectivity index (χ4n) is 2.49. The Morgan fingerprint density at radius 1 is 1.26 bits per heavy atom. The van der Waals surface area contributed by atoms with Crippen LogP contribution in [0.3, 0.4) is 0 Å². The molecule has 1 aromatic heterocycles. The van der Waals surface area contributed by atoms with Crippen molar-refractivity contribution in [3.63, 3.8) is 0 Å². The molecule has 0 radical (unpaired) electrons. The average molecular weight is 315 g/mol. The molecule has 0 aliphatic rings. The summed E-state index contributed by atoms with van der Waals surface area (Å²) in [6.07, 6.45) is 2.29. The Kier molecular flexibility index (Phi) is 5.55. The summed E-state index contributed by atoms with van der Waals surface area (Å²) in [5.41, 5.74) is 1.47. The zero-order valence-electron chi connectivity index (χ0n) is 14.0. The van der Waals surface area contributed by atoms with E-state index in [4.69, 9.17) is 5.11 Å². The second kappa shape index (κ2) is 7.42. The summed E-state index contributed by atoms with van der Waals surface area (Å²) in [4.78, 5) is 18.8. The van der Waals surface area contributed by atoms with Gasteiger partial charge in [-0.05, 0) is 24.0 Å². The summed E-state index contributed by atoms with van der Waals surface area (Å²) in [7, 11) is 0. The Hall–Kier alpha value is -2.14. The van der Waals surface area contributed by atoms with E-state index in [0.717, 1.165) is 10.9 Å². The number of benzene rings is 1. The number of rotatable bonds is 5. The first kappa shape index (κ1) is 17.2. The van der Waals surface area contributed by atoms with Crippen molar-refractivity contribution in [2.24, 2.45) is 5.41 Å². The van der Waals surface area contributed by atoms with Gasteiger partial charge in [0.25, 0.3) is 0 Å². The van der Waals surface area contributed by atoms with Gasteiger partial charge in [-0.1, -0.05) is 39.0 Å². The monoisotopic (exact) mass is 315 g/mol. The van der Waals surface area contributed by atoms with E-state index < -0.39 is 0 Å². The normalized spacial score (nSPS) is 11.5. The quantitative estimate of drug-likeness (QED) is 0.887. The van der Waals surface area contributed by atoms with E-state index in [-0.39, 0.29) is 18.1 Å². The van der Waals surface area contributed by atoms with Crippen molar-refractivity contribution < 1.29 is 9.90 Å². The zero-order valence-corrected chi connectivity index (χ0v) is 14.0. The number of urea groups is 1. The summed E-state index contributed by atoms with van der Waals surface area (Å²) in [5, 5.41) is 13.0. The number of nitrogens with one attached hydrogen (secondary N) is 1. The number of nitrogens with zero attached hydrogens (tertiary/aromatic N) is 2. The average Bonchev–Trinajstić information content (AvgIpc) is 2.50. The maximum absolute atomic E-state index is 12.6. The number of aromatic nitrogens is 1. The van der Waals surface area contributed by atoms with Gasteiger partial charge in [-0.2, -0.15) is 0 Å². The maximum Gasteiger partial charge on any atom is 0.321 e. The number of aliphatic hydroxyl groups is 1. The van der Waals surface area contributed by atoms with E-state index in [2.05, 4.69) is 31.1 Å². The van der Waals surface area contributed by atoms with Gasteiger partial charge in [-0.25, -0.2) is 4.79 Å². The third-order valence-electron chi connectivity index (χ3n) is 3.41. The first-order valence-electron chi connectivity index (χ1n) is 7.91. The Bertz CT molecular complexity index is 659. The van der Waals surface area contributed by atoms with E-state index in [0.29, 0.717) is 25.2 Å². The van der Waals surface area contributed by atoms with Crippen LogP contribution >= 0.6 is 0 Å². The SMILES string of the molecule is CC(C)(C)CN(CCCO)C(=O)Nc1cccc2cccnc12. The largest absolute Gasteiger partial charge is 0.396 e. The number of carbonyl (C=O) groups is 1. The van der Waals surface area contributed by atoms with Gasteiger partial charge < -0.3 is 15.3 Å². The van der Waals surface area contributed by atoms with Crippen LogP contribution in [-0.4, -0.2) is 40.7 Å². The second-order valence-corrected chi connectivity index (χ2v) is 6.87. The Morgan fingerprint density at radius 3 is 2.70 bits per heavy atom. The van der Waals surface area contributed by atoms with Gasteiger partial charge in [0.15, 0.2) is 0 Å².